The predicted molar refractivity (Wildman–Crippen MR) is 123 cm³/mol. The van der Waals surface area contributed by atoms with Crippen molar-refractivity contribution >= 4 is 17.5 Å². The quantitative estimate of drug-likeness (QED) is 0.717. The van der Waals surface area contributed by atoms with Gasteiger partial charge in [0.25, 0.3) is 5.91 Å². The Morgan fingerprint density at radius 1 is 1.03 bits per heavy atom. The van der Waals surface area contributed by atoms with Gasteiger partial charge in [-0.15, -0.1) is 0 Å². The summed E-state index contributed by atoms with van der Waals surface area (Å²) in [6.45, 7) is 0.414. The fourth-order valence-corrected chi connectivity index (χ4v) is 6.75. The molecular formula is C26H24ClN3O3. The molecule has 2 aromatic rings. The molecule has 1 saturated heterocycles. The number of carbonyl (C=O) groups is 1. The van der Waals surface area contributed by atoms with Crippen LogP contribution in [0, 0.1) is 5.92 Å². The van der Waals surface area contributed by atoms with Crippen LogP contribution in [0.1, 0.15) is 35.1 Å². The Morgan fingerprint density at radius 3 is 2.64 bits per heavy atom. The molecule has 3 aliphatic carbocycles. The standard InChI is InChI=1S/C26H24ClN3O3/c27-21-7-3-6-20-18(21)13-16-12-15-4-1-2-5-19(15)26(16,20)30-14-28(17-8-9-17)25(33)23-24(32)22(31)10-11-29(23)30/h1-7,10-11,16-17,22,31-32H,8-9,12-14H2. The number of nitrogens with zero attached hydrogens (tertiary/aromatic N) is 3. The first-order chi connectivity index (χ1) is 16.0. The Balaban J connectivity index is 1.50. The van der Waals surface area contributed by atoms with E-state index in [0.717, 1.165) is 41.8 Å². The molecule has 168 valence electrons. The summed E-state index contributed by atoms with van der Waals surface area (Å²) in [6.07, 6.45) is 5.77. The summed E-state index contributed by atoms with van der Waals surface area (Å²) in [5.74, 6) is -0.276. The zero-order valence-corrected chi connectivity index (χ0v) is 18.7. The van der Waals surface area contributed by atoms with Gasteiger partial charge >= 0.3 is 0 Å². The maximum Gasteiger partial charge on any atom is 0.276 e. The van der Waals surface area contributed by atoms with Crippen molar-refractivity contribution in [3.05, 3.63) is 93.5 Å². The van der Waals surface area contributed by atoms with Gasteiger partial charge in [-0.1, -0.05) is 48.0 Å². The van der Waals surface area contributed by atoms with Crippen molar-refractivity contribution < 1.29 is 15.0 Å². The second kappa shape index (κ2) is 6.63. The summed E-state index contributed by atoms with van der Waals surface area (Å²) in [5, 5.41) is 26.0. The molecule has 7 heteroatoms. The summed E-state index contributed by atoms with van der Waals surface area (Å²) >= 11 is 6.71. The van der Waals surface area contributed by atoms with E-state index in [0.29, 0.717) is 6.67 Å². The van der Waals surface area contributed by atoms with E-state index < -0.39 is 11.6 Å². The largest absolute Gasteiger partial charge is 0.507 e. The molecule has 3 unspecified atom stereocenters. The van der Waals surface area contributed by atoms with Gasteiger partial charge in [0, 0.05) is 17.3 Å². The monoisotopic (exact) mass is 461 g/mol. The number of hydrazine groups is 1. The number of halogens is 1. The second-order valence-electron chi connectivity index (χ2n) is 9.71. The molecule has 1 amide bonds. The summed E-state index contributed by atoms with van der Waals surface area (Å²) < 4.78 is 0. The molecule has 2 fully saturated rings. The van der Waals surface area contributed by atoms with Gasteiger partial charge in [-0.3, -0.25) is 9.80 Å². The van der Waals surface area contributed by atoms with Crippen LogP contribution >= 0.6 is 11.6 Å². The van der Waals surface area contributed by atoms with Gasteiger partial charge in [-0.05, 0) is 66.0 Å². The average molecular weight is 462 g/mol. The van der Waals surface area contributed by atoms with Crippen LogP contribution in [0.25, 0.3) is 0 Å². The highest BCUT2D eigenvalue weighted by atomic mass is 35.5. The van der Waals surface area contributed by atoms with Crippen molar-refractivity contribution in [2.24, 2.45) is 5.92 Å². The summed E-state index contributed by atoms with van der Waals surface area (Å²) in [6, 6.07) is 14.8. The third kappa shape index (κ3) is 2.43. The van der Waals surface area contributed by atoms with Crippen molar-refractivity contribution in [1.82, 2.24) is 14.9 Å². The number of carbonyl (C=O) groups excluding carboxylic acids is 1. The molecule has 2 aromatic carbocycles. The van der Waals surface area contributed by atoms with Crippen LogP contribution in [0.3, 0.4) is 0 Å². The summed E-state index contributed by atoms with van der Waals surface area (Å²) in [7, 11) is 0. The van der Waals surface area contributed by atoms with E-state index in [1.807, 2.05) is 17.0 Å². The van der Waals surface area contributed by atoms with Crippen LogP contribution in [0.15, 0.2) is 66.2 Å². The first-order valence-electron chi connectivity index (χ1n) is 11.6. The van der Waals surface area contributed by atoms with Crippen molar-refractivity contribution in [3.8, 4) is 0 Å². The lowest BCUT2D eigenvalue weighted by Gasteiger charge is -2.54. The van der Waals surface area contributed by atoms with E-state index in [4.69, 9.17) is 11.6 Å². The topological polar surface area (TPSA) is 67.2 Å². The van der Waals surface area contributed by atoms with Gasteiger partial charge in [-0.2, -0.15) is 5.01 Å². The van der Waals surface area contributed by atoms with Gasteiger partial charge in [0.2, 0.25) is 0 Å². The van der Waals surface area contributed by atoms with Gasteiger partial charge in [0.15, 0.2) is 11.5 Å². The number of aliphatic hydroxyl groups excluding tert-OH is 2. The van der Waals surface area contributed by atoms with Crippen LogP contribution in [0.4, 0.5) is 0 Å². The molecule has 6 nitrogen and oxygen atoms in total. The van der Waals surface area contributed by atoms with Gasteiger partial charge in [0.05, 0.1) is 12.2 Å². The Hall–Kier alpha value is -2.80. The van der Waals surface area contributed by atoms with Crippen LogP contribution in [0.2, 0.25) is 5.02 Å². The van der Waals surface area contributed by atoms with Crippen molar-refractivity contribution in [1.29, 1.82) is 0 Å². The Labute approximate surface area is 196 Å². The van der Waals surface area contributed by atoms with Crippen LogP contribution < -0.4 is 0 Å². The molecule has 0 bridgehead atoms. The number of hydrogen-bond donors (Lipinski definition) is 2. The molecule has 1 saturated carbocycles. The first-order valence-corrected chi connectivity index (χ1v) is 11.9. The molecular weight excluding hydrogens is 438 g/mol. The highest BCUT2D eigenvalue weighted by molar-refractivity contribution is 6.31. The van der Waals surface area contributed by atoms with Crippen molar-refractivity contribution in [2.45, 2.75) is 43.4 Å². The normalized spacial score (nSPS) is 30.4. The van der Waals surface area contributed by atoms with Crippen LogP contribution in [-0.2, 0) is 23.2 Å². The minimum atomic E-state index is -1.18. The minimum Gasteiger partial charge on any atom is -0.507 e. The Kier molecular flexibility index (Phi) is 3.95. The Morgan fingerprint density at radius 2 is 1.82 bits per heavy atom. The van der Waals surface area contributed by atoms with Crippen LogP contribution in [0.5, 0.6) is 0 Å². The first kappa shape index (κ1) is 19.6. The summed E-state index contributed by atoms with van der Waals surface area (Å²) in [4.78, 5) is 15.3. The number of rotatable bonds is 2. The molecule has 2 heterocycles. The molecule has 2 aliphatic heterocycles. The SMILES string of the molecule is O=C1C2=C(O)C(O)C=CN2N(C23c4ccccc4CC2Cc2c(Cl)cccc23)CN1C1CC1. The van der Waals surface area contributed by atoms with Gasteiger partial charge < -0.3 is 15.1 Å². The fraction of sp³-hybridized carbons (Fsp3) is 0.346. The zero-order chi connectivity index (χ0) is 22.5. The molecule has 7 rings (SSSR count). The lowest BCUT2D eigenvalue weighted by atomic mass is 9.81. The number of amides is 1. The third-order valence-electron chi connectivity index (χ3n) is 8.03. The molecule has 33 heavy (non-hydrogen) atoms. The van der Waals surface area contributed by atoms with Gasteiger partial charge in [-0.25, -0.2) is 0 Å². The van der Waals surface area contributed by atoms with E-state index in [1.54, 1.807) is 11.2 Å². The predicted octanol–water partition coefficient (Wildman–Crippen LogP) is 3.45. The highest BCUT2D eigenvalue weighted by Gasteiger charge is 2.61. The number of fused-ring (bicyclic) bond motifs is 6. The van der Waals surface area contributed by atoms with E-state index in [-0.39, 0.29) is 29.3 Å². The van der Waals surface area contributed by atoms with Crippen molar-refractivity contribution in [2.75, 3.05) is 6.67 Å². The minimum absolute atomic E-state index is 0.149. The van der Waals surface area contributed by atoms with Crippen molar-refractivity contribution in [3.63, 3.8) is 0 Å². The zero-order valence-electron chi connectivity index (χ0n) is 18.0. The van der Waals surface area contributed by atoms with Crippen LogP contribution in [-0.4, -0.2) is 49.9 Å². The lowest BCUT2D eigenvalue weighted by molar-refractivity contribution is -0.163. The number of benzene rings is 2. The number of aliphatic hydroxyl groups is 2. The van der Waals surface area contributed by atoms with E-state index in [2.05, 4.69) is 35.3 Å². The summed E-state index contributed by atoms with van der Waals surface area (Å²) in [5.41, 5.74) is 4.47. The molecule has 3 atom stereocenters. The number of hydrogen-bond acceptors (Lipinski definition) is 5. The maximum atomic E-state index is 13.5. The van der Waals surface area contributed by atoms with E-state index >= 15 is 0 Å². The maximum absolute atomic E-state index is 13.5. The molecule has 0 radical (unpaired) electrons. The second-order valence-corrected chi connectivity index (χ2v) is 10.1. The molecule has 5 aliphatic rings. The molecule has 0 aromatic heterocycles. The molecule has 0 spiro atoms. The lowest BCUT2D eigenvalue weighted by Crippen LogP contribution is -2.65. The third-order valence-corrected chi connectivity index (χ3v) is 8.39. The van der Waals surface area contributed by atoms with Gasteiger partial charge in [0.1, 0.15) is 6.10 Å². The fourth-order valence-electron chi connectivity index (χ4n) is 6.50. The Bertz CT molecular complexity index is 1270. The molecule has 2 N–H and O–H groups in total. The highest BCUT2D eigenvalue weighted by Crippen LogP contribution is 2.59. The average Bonchev–Trinajstić information content (AvgIpc) is 3.52. The van der Waals surface area contributed by atoms with E-state index in [9.17, 15) is 15.0 Å². The van der Waals surface area contributed by atoms with E-state index in [1.165, 1.54) is 17.2 Å². The smallest absolute Gasteiger partial charge is 0.276 e.